The lowest BCUT2D eigenvalue weighted by Gasteiger charge is -2.13. The molecule has 1 heterocycles. The molecule has 0 fully saturated rings. The van der Waals surface area contributed by atoms with Crippen LogP contribution in [-0.4, -0.2) is 23.6 Å². The Kier molecular flexibility index (Phi) is 4.55. The molecule has 0 saturated heterocycles. The third-order valence-electron chi connectivity index (χ3n) is 2.47. The summed E-state index contributed by atoms with van der Waals surface area (Å²) in [4.78, 5) is 3.90. The van der Waals surface area contributed by atoms with Crippen LogP contribution in [0, 0.1) is 6.92 Å². The van der Waals surface area contributed by atoms with E-state index in [2.05, 4.69) is 21.9 Å². The first-order chi connectivity index (χ1) is 7.84. The fourth-order valence-corrected chi connectivity index (χ4v) is 2.45. The normalized spacial score (nSPS) is 13.3. The third-order valence-corrected chi connectivity index (χ3v) is 4.70. The van der Waals surface area contributed by atoms with Crippen LogP contribution in [0.4, 0.5) is 0 Å². The van der Waals surface area contributed by atoms with Gasteiger partial charge in [0.05, 0.1) is 4.99 Å². The average molecular weight is 273 g/mol. The number of aryl methyl sites for hydroxylation is 1. The van der Waals surface area contributed by atoms with E-state index in [1.807, 2.05) is 6.92 Å². The van der Waals surface area contributed by atoms with Crippen molar-refractivity contribution in [2.45, 2.75) is 25.6 Å². The van der Waals surface area contributed by atoms with Gasteiger partial charge in [-0.2, -0.15) is 0 Å². The van der Waals surface area contributed by atoms with Crippen molar-refractivity contribution < 1.29 is 8.42 Å². The summed E-state index contributed by atoms with van der Waals surface area (Å²) in [5.41, 5.74) is 7.13. The Morgan fingerprint density at radius 3 is 2.82 bits per heavy atom. The van der Waals surface area contributed by atoms with E-state index in [-0.39, 0.29) is 11.5 Å². The Bertz CT molecular complexity index is 514. The topological polar surface area (TPSA) is 85.1 Å². The highest BCUT2D eigenvalue weighted by molar-refractivity contribution is 7.93. The van der Waals surface area contributed by atoms with Gasteiger partial charge in [-0.15, -0.1) is 0 Å². The van der Waals surface area contributed by atoms with Gasteiger partial charge >= 0.3 is 0 Å². The Morgan fingerprint density at radius 2 is 2.29 bits per heavy atom. The van der Waals surface area contributed by atoms with Crippen molar-refractivity contribution in [2.24, 2.45) is 5.73 Å². The fourth-order valence-electron chi connectivity index (χ4n) is 1.16. The summed E-state index contributed by atoms with van der Waals surface area (Å²) >= 11 is 4.67. The Hall–Kier alpha value is -1.05. The second kappa shape index (κ2) is 5.52. The maximum absolute atomic E-state index is 11.8. The summed E-state index contributed by atoms with van der Waals surface area (Å²) in [5, 5.41) is -0.875. The molecule has 0 bridgehead atoms. The van der Waals surface area contributed by atoms with Gasteiger partial charge in [-0.1, -0.05) is 12.2 Å². The number of rotatable bonds is 5. The molecule has 3 N–H and O–H groups in total. The van der Waals surface area contributed by atoms with Gasteiger partial charge in [0.1, 0.15) is 5.25 Å². The average Bonchev–Trinajstić information content (AvgIpc) is 2.27. The summed E-state index contributed by atoms with van der Waals surface area (Å²) in [6.07, 6.45) is 3.30. The minimum absolute atomic E-state index is 0.0380. The number of nitrogens with zero attached hydrogens (tertiary/aromatic N) is 1. The van der Waals surface area contributed by atoms with E-state index >= 15 is 0 Å². The summed E-state index contributed by atoms with van der Waals surface area (Å²) < 4.78 is 26.0. The summed E-state index contributed by atoms with van der Waals surface area (Å²) in [7, 11) is -3.51. The van der Waals surface area contributed by atoms with Crippen molar-refractivity contribution in [3.63, 3.8) is 0 Å². The minimum Gasteiger partial charge on any atom is -0.392 e. The minimum atomic E-state index is -3.51. The monoisotopic (exact) mass is 273 g/mol. The molecular weight excluding hydrogens is 258 g/mol. The largest absolute Gasteiger partial charge is 0.392 e. The molecule has 94 valence electrons. The van der Waals surface area contributed by atoms with Gasteiger partial charge in [-0.3, -0.25) is 4.98 Å². The SMILES string of the molecule is Cc1cnccc1CNS(=O)(=O)C(C)C(N)=S. The molecule has 0 aliphatic rings. The van der Waals surface area contributed by atoms with Gasteiger partial charge in [0.15, 0.2) is 0 Å². The van der Waals surface area contributed by atoms with Crippen LogP contribution >= 0.6 is 12.2 Å². The first-order valence-electron chi connectivity index (χ1n) is 5.02. The molecule has 0 amide bonds. The second-order valence-electron chi connectivity index (χ2n) is 3.71. The fraction of sp³-hybridized carbons (Fsp3) is 0.400. The number of thiocarbonyl (C=S) groups is 1. The predicted molar refractivity (Wildman–Crippen MR) is 71.0 cm³/mol. The lowest BCUT2D eigenvalue weighted by Crippen LogP contribution is -2.39. The molecule has 0 saturated carbocycles. The van der Waals surface area contributed by atoms with Crippen molar-refractivity contribution >= 4 is 27.2 Å². The summed E-state index contributed by atoms with van der Waals surface area (Å²) in [5.74, 6) is 0. The zero-order valence-corrected chi connectivity index (χ0v) is 11.3. The molecular formula is C10H15N3O2S2. The molecule has 0 spiro atoms. The number of hydrogen-bond acceptors (Lipinski definition) is 4. The molecule has 5 nitrogen and oxygen atoms in total. The van der Waals surface area contributed by atoms with Crippen molar-refractivity contribution in [1.82, 2.24) is 9.71 Å². The first kappa shape index (κ1) is 14.0. The van der Waals surface area contributed by atoms with Crippen LogP contribution < -0.4 is 10.5 Å². The van der Waals surface area contributed by atoms with Crippen molar-refractivity contribution in [3.05, 3.63) is 29.6 Å². The standard InChI is InChI=1S/C10H15N3O2S2/c1-7-5-12-4-3-9(7)6-13-17(14,15)8(2)10(11)16/h3-5,8,13H,6H2,1-2H3,(H2,11,16). The van der Waals surface area contributed by atoms with Gasteiger partial charge in [0.2, 0.25) is 10.0 Å². The van der Waals surface area contributed by atoms with Crippen molar-refractivity contribution in [2.75, 3.05) is 0 Å². The van der Waals surface area contributed by atoms with E-state index in [4.69, 9.17) is 5.73 Å². The van der Waals surface area contributed by atoms with E-state index in [1.165, 1.54) is 6.92 Å². The first-order valence-corrected chi connectivity index (χ1v) is 6.97. The smallest absolute Gasteiger partial charge is 0.221 e. The highest BCUT2D eigenvalue weighted by Crippen LogP contribution is 2.06. The number of hydrogen-bond donors (Lipinski definition) is 2. The lowest BCUT2D eigenvalue weighted by atomic mass is 10.2. The van der Waals surface area contributed by atoms with Gasteiger partial charge in [-0.05, 0) is 31.0 Å². The molecule has 17 heavy (non-hydrogen) atoms. The summed E-state index contributed by atoms with van der Waals surface area (Å²) in [6, 6.07) is 1.77. The van der Waals surface area contributed by atoms with Gasteiger partial charge < -0.3 is 5.73 Å². The third kappa shape index (κ3) is 3.72. The van der Waals surface area contributed by atoms with Crippen LogP contribution in [0.2, 0.25) is 0 Å². The van der Waals surface area contributed by atoms with Crippen LogP contribution in [-0.2, 0) is 16.6 Å². The molecule has 0 aliphatic heterocycles. The molecule has 0 aliphatic carbocycles. The Labute approximate surface area is 106 Å². The molecule has 1 atom stereocenters. The van der Waals surface area contributed by atoms with Crippen LogP contribution in [0.3, 0.4) is 0 Å². The van der Waals surface area contributed by atoms with Gasteiger partial charge in [0, 0.05) is 18.9 Å². The number of nitrogens with one attached hydrogen (secondary N) is 1. The molecule has 0 radical (unpaired) electrons. The zero-order valence-electron chi connectivity index (χ0n) is 9.67. The van der Waals surface area contributed by atoms with Crippen LogP contribution in [0.5, 0.6) is 0 Å². The molecule has 1 unspecified atom stereocenters. The number of aromatic nitrogens is 1. The van der Waals surface area contributed by atoms with E-state index in [1.54, 1.807) is 18.5 Å². The molecule has 1 rings (SSSR count). The van der Waals surface area contributed by atoms with Crippen molar-refractivity contribution in [3.8, 4) is 0 Å². The second-order valence-corrected chi connectivity index (χ2v) is 6.27. The van der Waals surface area contributed by atoms with E-state index in [0.29, 0.717) is 0 Å². The van der Waals surface area contributed by atoms with Crippen LogP contribution in [0.1, 0.15) is 18.1 Å². The molecule has 7 heteroatoms. The number of sulfonamides is 1. The van der Waals surface area contributed by atoms with Gasteiger partial charge in [-0.25, -0.2) is 13.1 Å². The Morgan fingerprint density at radius 1 is 1.65 bits per heavy atom. The van der Waals surface area contributed by atoms with Crippen LogP contribution in [0.15, 0.2) is 18.5 Å². The van der Waals surface area contributed by atoms with Crippen molar-refractivity contribution in [1.29, 1.82) is 0 Å². The number of pyridine rings is 1. The van der Waals surface area contributed by atoms with Crippen LogP contribution in [0.25, 0.3) is 0 Å². The van der Waals surface area contributed by atoms with E-state index < -0.39 is 15.3 Å². The van der Waals surface area contributed by atoms with E-state index in [9.17, 15) is 8.42 Å². The maximum Gasteiger partial charge on any atom is 0.221 e. The molecule has 1 aromatic rings. The highest BCUT2D eigenvalue weighted by atomic mass is 32.2. The Balaban J connectivity index is 2.75. The summed E-state index contributed by atoms with van der Waals surface area (Å²) in [6.45, 7) is 3.54. The predicted octanol–water partition coefficient (Wildman–Crippen LogP) is 0.484. The van der Waals surface area contributed by atoms with Gasteiger partial charge in [0.25, 0.3) is 0 Å². The highest BCUT2D eigenvalue weighted by Gasteiger charge is 2.22. The quantitative estimate of drug-likeness (QED) is 0.762. The lowest BCUT2D eigenvalue weighted by molar-refractivity contribution is 0.578. The molecule has 0 aromatic carbocycles. The maximum atomic E-state index is 11.8. The van der Waals surface area contributed by atoms with E-state index in [0.717, 1.165) is 11.1 Å². The molecule has 1 aromatic heterocycles. The number of nitrogens with two attached hydrogens (primary N) is 1. The zero-order chi connectivity index (χ0) is 13.1.